The number of rotatable bonds is 1. The molecule has 3 heterocycles. The summed E-state index contributed by atoms with van der Waals surface area (Å²) in [6.07, 6.45) is 2.14. The summed E-state index contributed by atoms with van der Waals surface area (Å²) in [7, 11) is 0. The molecule has 98 valence electrons. The van der Waals surface area contributed by atoms with Gasteiger partial charge in [0.25, 0.3) is 0 Å². The van der Waals surface area contributed by atoms with Crippen molar-refractivity contribution in [2.75, 3.05) is 31.2 Å². The normalized spacial score (nSPS) is 48.0. The van der Waals surface area contributed by atoms with E-state index in [9.17, 15) is 10.2 Å². The first-order chi connectivity index (χ1) is 8.19. The van der Waals surface area contributed by atoms with Crippen LogP contribution in [0, 0.1) is 0 Å². The quantitative estimate of drug-likeness (QED) is 0.698. The first kappa shape index (κ1) is 12.2. The van der Waals surface area contributed by atoms with Crippen molar-refractivity contribution in [1.82, 2.24) is 4.90 Å². The van der Waals surface area contributed by atoms with Crippen molar-refractivity contribution >= 4 is 11.8 Å². The minimum Gasteiger partial charge on any atom is -0.389 e. The SMILES string of the molecule is O[C@@H]1CN(C2CCOC3(CCSC3)C2)C[C@@H]1O. The summed E-state index contributed by atoms with van der Waals surface area (Å²) >= 11 is 1.98. The van der Waals surface area contributed by atoms with Crippen molar-refractivity contribution in [3.05, 3.63) is 0 Å². The zero-order valence-corrected chi connectivity index (χ0v) is 10.9. The molecule has 4 atom stereocenters. The molecule has 3 rings (SSSR count). The van der Waals surface area contributed by atoms with Crippen LogP contribution in [-0.4, -0.2) is 70.2 Å². The van der Waals surface area contributed by atoms with Crippen LogP contribution in [0.25, 0.3) is 0 Å². The number of thioether (sulfide) groups is 1. The summed E-state index contributed by atoms with van der Waals surface area (Å²) < 4.78 is 6.00. The van der Waals surface area contributed by atoms with Gasteiger partial charge in [-0.3, -0.25) is 4.90 Å². The van der Waals surface area contributed by atoms with Gasteiger partial charge < -0.3 is 14.9 Å². The Morgan fingerprint density at radius 3 is 2.65 bits per heavy atom. The number of ether oxygens (including phenoxy) is 1. The Morgan fingerprint density at radius 1 is 1.24 bits per heavy atom. The van der Waals surface area contributed by atoms with E-state index in [2.05, 4.69) is 4.90 Å². The fraction of sp³-hybridized carbons (Fsp3) is 1.00. The lowest BCUT2D eigenvalue weighted by Gasteiger charge is -2.41. The third-order valence-electron chi connectivity index (χ3n) is 4.34. The highest BCUT2D eigenvalue weighted by Gasteiger charge is 2.44. The standard InChI is InChI=1S/C12H21NO3S/c14-10-6-13(7-11(10)15)9-1-3-16-12(5-9)2-4-17-8-12/h9-11,14-15H,1-8H2/t9?,10-,11+,12?. The molecule has 4 nitrogen and oxygen atoms in total. The second-order valence-electron chi connectivity index (χ2n) is 5.57. The van der Waals surface area contributed by atoms with Gasteiger partial charge in [0.15, 0.2) is 0 Å². The van der Waals surface area contributed by atoms with E-state index < -0.39 is 12.2 Å². The monoisotopic (exact) mass is 259 g/mol. The van der Waals surface area contributed by atoms with Gasteiger partial charge in [0, 0.05) is 31.5 Å². The van der Waals surface area contributed by atoms with Crippen LogP contribution in [0.2, 0.25) is 0 Å². The Labute approximate surface area is 106 Å². The Hall–Kier alpha value is 0.190. The molecule has 5 heteroatoms. The molecule has 1 spiro atoms. The molecule has 0 aliphatic carbocycles. The van der Waals surface area contributed by atoms with Crippen LogP contribution in [0.3, 0.4) is 0 Å². The van der Waals surface area contributed by atoms with E-state index in [1.165, 1.54) is 5.75 Å². The molecule has 3 aliphatic rings. The average molecular weight is 259 g/mol. The number of nitrogens with zero attached hydrogens (tertiary/aromatic N) is 1. The maximum absolute atomic E-state index is 9.63. The number of aliphatic hydroxyl groups is 2. The lowest BCUT2D eigenvalue weighted by molar-refractivity contribution is -0.0881. The smallest absolute Gasteiger partial charge is 0.0938 e. The van der Waals surface area contributed by atoms with E-state index in [4.69, 9.17) is 4.74 Å². The third kappa shape index (κ3) is 2.36. The van der Waals surface area contributed by atoms with Crippen molar-refractivity contribution < 1.29 is 14.9 Å². The molecule has 2 unspecified atom stereocenters. The molecule has 3 saturated heterocycles. The fourth-order valence-corrected chi connectivity index (χ4v) is 4.65. The van der Waals surface area contributed by atoms with Crippen molar-refractivity contribution in [3.63, 3.8) is 0 Å². The number of aliphatic hydroxyl groups excluding tert-OH is 2. The summed E-state index contributed by atoms with van der Waals surface area (Å²) in [5.41, 5.74) is 0.0894. The lowest BCUT2D eigenvalue weighted by atomic mass is 9.89. The maximum Gasteiger partial charge on any atom is 0.0938 e. The summed E-state index contributed by atoms with van der Waals surface area (Å²) in [5.74, 6) is 2.32. The van der Waals surface area contributed by atoms with Crippen LogP contribution in [-0.2, 0) is 4.74 Å². The van der Waals surface area contributed by atoms with E-state index >= 15 is 0 Å². The van der Waals surface area contributed by atoms with E-state index in [0.717, 1.165) is 31.6 Å². The second kappa shape index (κ2) is 4.70. The molecule has 0 aromatic carbocycles. The lowest BCUT2D eigenvalue weighted by Crippen LogP contribution is -2.48. The van der Waals surface area contributed by atoms with Gasteiger partial charge in [0.2, 0.25) is 0 Å². The molecule has 0 amide bonds. The zero-order valence-electron chi connectivity index (χ0n) is 10.0. The molecule has 3 fully saturated rings. The summed E-state index contributed by atoms with van der Waals surface area (Å²) in [4.78, 5) is 2.25. The van der Waals surface area contributed by atoms with Gasteiger partial charge in [0.1, 0.15) is 0 Å². The molecule has 0 bridgehead atoms. The molecule has 0 saturated carbocycles. The molecule has 0 radical (unpaired) electrons. The topological polar surface area (TPSA) is 52.9 Å². The summed E-state index contributed by atoms with van der Waals surface area (Å²) in [6, 6.07) is 0.481. The Morgan fingerprint density at radius 2 is 2.00 bits per heavy atom. The maximum atomic E-state index is 9.63. The van der Waals surface area contributed by atoms with Crippen molar-refractivity contribution in [3.8, 4) is 0 Å². The number of hydrogen-bond donors (Lipinski definition) is 2. The first-order valence-electron chi connectivity index (χ1n) is 6.50. The molecule has 0 aromatic heterocycles. The number of hydrogen-bond acceptors (Lipinski definition) is 5. The zero-order chi connectivity index (χ0) is 11.9. The predicted octanol–water partition coefficient (Wildman–Crippen LogP) is 0.0785. The van der Waals surface area contributed by atoms with Gasteiger partial charge in [0.05, 0.1) is 17.8 Å². The van der Waals surface area contributed by atoms with E-state index in [1.807, 2.05) is 11.8 Å². The minimum atomic E-state index is -0.563. The Kier molecular flexibility index (Phi) is 3.38. The van der Waals surface area contributed by atoms with Crippen molar-refractivity contribution in [2.45, 2.75) is 43.1 Å². The third-order valence-corrected chi connectivity index (χ3v) is 5.56. The molecule has 0 aromatic rings. The minimum absolute atomic E-state index is 0.0894. The van der Waals surface area contributed by atoms with E-state index in [0.29, 0.717) is 19.1 Å². The van der Waals surface area contributed by atoms with Crippen LogP contribution in [0.15, 0.2) is 0 Å². The first-order valence-corrected chi connectivity index (χ1v) is 7.66. The highest BCUT2D eigenvalue weighted by Crippen LogP contribution is 2.40. The van der Waals surface area contributed by atoms with E-state index in [1.54, 1.807) is 0 Å². The summed E-state index contributed by atoms with van der Waals surface area (Å²) in [6.45, 7) is 2.07. The Balaban J connectivity index is 1.64. The van der Waals surface area contributed by atoms with Crippen molar-refractivity contribution in [1.29, 1.82) is 0 Å². The molecular formula is C12H21NO3S. The van der Waals surface area contributed by atoms with Gasteiger partial charge in [-0.15, -0.1) is 0 Å². The van der Waals surface area contributed by atoms with Crippen LogP contribution >= 0.6 is 11.8 Å². The van der Waals surface area contributed by atoms with Crippen LogP contribution in [0.1, 0.15) is 19.3 Å². The highest BCUT2D eigenvalue weighted by atomic mass is 32.2. The van der Waals surface area contributed by atoms with Gasteiger partial charge in [-0.1, -0.05) is 0 Å². The van der Waals surface area contributed by atoms with Crippen LogP contribution in [0.5, 0.6) is 0 Å². The summed E-state index contributed by atoms with van der Waals surface area (Å²) in [5, 5.41) is 19.3. The van der Waals surface area contributed by atoms with Gasteiger partial charge >= 0.3 is 0 Å². The number of likely N-dealkylation sites (tertiary alicyclic amines) is 1. The van der Waals surface area contributed by atoms with E-state index in [-0.39, 0.29) is 5.60 Å². The fourth-order valence-electron chi connectivity index (χ4n) is 3.27. The largest absolute Gasteiger partial charge is 0.389 e. The van der Waals surface area contributed by atoms with Gasteiger partial charge in [-0.2, -0.15) is 11.8 Å². The van der Waals surface area contributed by atoms with Crippen molar-refractivity contribution in [2.24, 2.45) is 0 Å². The van der Waals surface area contributed by atoms with Crippen LogP contribution < -0.4 is 0 Å². The van der Waals surface area contributed by atoms with Gasteiger partial charge in [-0.25, -0.2) is 0 Å². The second-order valence-corrected chi connectivity index (χ2v) is 6.67. The average Bonchev–Trinajstić information content (AvgIpc) is 2.88. The molecular weight excluding hydrogens is 238 g/mol. The van der Waals surface area contributed by atoms with Gasteiger partial charge in [-0.05, 0) is 25.0 Å². The highest BCUT2D eigenvalue weighted by molar-refractivity contribution is 7.99. The predicted molar refractivity (Wildman–Crippen MR) is 67.2 cm³/mol. The molecule has 2 N–H and O–H groups in total. The van der Waals surface area contributed by atoms with Crippen LogP contribution in [0.4, 0.5) is 0 Å². The molecule has 17 heavy (non-hydrogen) atoms. The Bertz CT molecular complexity index is 273. The molecule has 3 aliphatic heterocycles. The number of β-amino-alcohol motifs (C(OH)–C–C–N with tert-alkyl or cyclic N) is 2.